The molecule has 4 N–H and O–H groups in total. The number of nitrogens with one attached hydrogen (secondary N) is 1. The molecule has 1 aromatic rings. The molecule has 0 saturated heterocycles. The van der Waals surface area contributed by atoms with Crippen molar-refractivity contribution in [1.82, 2.24) is 0 Å². The Hall–Kier alpha value is -1.36. The summed E-state index contributed by atoms with van der Waals surface area (Å²) in [6, 6.07) is 2.13. The number of rotatable bonds is 5. The molecule has 0 aliphatic rings. The molecule has 0 heterocycles. The van der Waals surface area contributed by atoms with Gasteiger partial charge in [0.15, 0.2) is 11.6 Å². The van der Waals surface area contributed by atoms with Crippen molar-refractivity contribution >= 4 is 11.4 Å². The Morgan fingerprint density at radius 1 is 1.20 bits per heavy atom. The van der Waals surface area contributed by atoms with Gasteiger partial charge in [0.1, 0.15) is 5.69 Å². The second kappa shape index (κ2) is 5.50. The van der Waals surface area contributed by atoms with Crippen LogP contribution in [0.15, 0.2) is 12.1 Å². The second-order valence-electron chi connectivity index (χ2n) is 3.22. The number of aliphatic hydroxyl groups excluding tert-OH is 1. The van der Waals surface area contributed by atoms with E-state index in [0.717, 1.165) is 12.1 Å². The van der Waals surface area contributed by atoms with Gasteiger partial charge in [0.2, 0.25) is 0 Å². The molecule has 0 unspecified atom stereocenters. The maximum absolute atomic E-state index is 13.2. The third kappa shape index (κ3) is 3.36. The Morgan fingerprint density at radius 2 is 1.80 bits per heavy atom. The van der Waals surface area contributed by atoms with E-state index in [1.807, 2.05) is 0 Å². The van der Waals surface area contributed by atoms with Crippen molar-refractivity contribution in [2.75, 3.05) is 24.2 Å². The minimum atomic E-state index is -0.698. The van der Waals surface area contributed by atoms with Crippen LogP contribution >= 0.6 is 0 Å². The average molecular weight is 216 g/mol. The summed E-state index contributed by atoms with van der Waals surface area (Å²) in [7, 11) is 0. The zero-order valence-electron chi connectivity index (χ0n) is 8.26. The molecule has 0 fully saturated rings. The molecule has 0 amide bonds. The lowest BCUT2D eigenvalue weighted by Gasteiger charge is -2.08. The topological polar surface area (TPSA) is 58.3 Å². The number of nitrogen functional groups attached to an aromatic ring is 1. The Labute approximate surface area is 86.9 Å². The summed E-state index contributed by atoms with van der Waals surface area (Å²) in [6.45, 7) is 0.493. The summed E-state index contributed by atoms with van der Waals surface area (Å²) in [6.07, 6.45) is 1.25. The standard InChI is InChI=1S/C10H14F2N2O/c11-8-5-7(13)6-9(12)10(8)14-3-1-2-4-15/h5-6,14-15H,1-4,13H2. The summed E-state index contributed by atoms with van der Waals surface area (Å²) in [4.78, 5) is 0. The van der Waals surface area contributed by atoms with Crippen LogP contribution in [0.4, 0.5) is 20.2 Å². The second-order valence-corrected chi connectivity index (χ2v) is 3.22. The first-order valence-corrected chi connectivity index (χ1v) is 4.74. The van der Waals surface area contributed by atoms with E-state index >= 15 is 0 Å². The van der Waals surface area contributed by atoms with E-state index in [2.05, 4.69) is 5.32 Å². The van der Waals surface area contributed by atoms with Gasteiger partial charge in [-0.2, -0.15) is 0 Å². The minimum absolute atomic E-state index is 0.0610. The number of anilines is 2. The van der Waals surface area contributed by atoms with Crippen LogP contribution in [0.5, 0.6) is 0 Å². The van der Waals surface area contributed by atoms with Crippen molar-refractivity contribution in [3.63, 3.8) is 0 Å². The molecule has 3 nitrogen and oxygen atoms in total. The molecular formula is C10H14F2N2O. The minimum Gasteiger partial charge on any atom is -0.399 e. The van der Waals surface area contributed by atoms with Gasteiger partial charge >= 0.3 is 0 Å². The van der Waals surface area contributed by atoms with E-state index in [1.54, 1.807) is 0 Å². The Bertz CT molecular complexity index is 308. The Balaban J connectivity index is 2.60. The lowest BCUT2D eigenvalue weighted by atomic mass is 10.2. The lowest BCUT2D eigenvalue weighted by molar-refractivity contribution is 0.286. The number of aliphatic hydroxyl groups is 1. The normalized spacial score (nSPS) is 10.3. The highest BCUT2D eigenvalue weighted by atomic mass is 19.1. The third-order valence-corrected chi connectivity index (χ3v) is 1.95. The molecule has 84 valence electrons. The number of benzene rings is 1. The SMILES string of the molecule is Nc1cc(F)c(NCCCCO)c(F)c1. The smallest absolute Gasteiger partial charge is 0.151 e. The van der Waals surface area contributed by atoms with Gasteiger partial charge in [-0.05, 0) is 25.0 Å². The molecule has 0 saturated carbocycles. The van der Waals surface area contributed by atoms with E-state index in [9.17, 15) is 8.78 Å². The first-order chi connectivity index (χ1) is 7.15. The van der Waals surface area contributed by atoms with Crippen molar-refractivity contribution in [2.24, 2.45) is 0 Å². The number of halogens is 2. The van der Waals surface area contributed by atoms with Gasteiger partial charge in [-0.25, -0.2) is 8.78 Å². The average Bonchev–Trinajstić information content (AvgIpc) is 2.15. The van der Waals surface area contributed by atoms with Crippen molar-refractivity contribution in [2.45, 2.75) is 12.8 Å². The number of hydrogen-bond donors (Lipinski definition) is 3. The maximum atomic E-state index is 13.2. The monoisotopic (exact) mass is 216 g/mol. The van der Waals surface area contributed by atoms with Crippen LogP contribution in [0.25, 0.3) is 0 Å². The van der Waals surface area contributed by atoms with Crippen molar-refractivity contribution in [1.29, 1.82) is 0 Å². The highest BCUT2D eigenvalue weighted by Gasteiger charge is 2.08. The fraction of sp³-hybridized carbons (Fsp3) is 0.400. The molecule has 0 atom stereocenters. The summed E-state index contributed by atoms with van der Waals surface area (Å²) in [5.74, 6) is -1.40. The summed E-state index contributed by atoms with van der Waals surface area (Å²) < 4.78 is 26.4. The quantitative estimate of drug-likeness (QED) is 0.519. The summed E-state index contributed by atoms with van der Waals surface area (Å²) in [5, 5.41) is 11.1. The van der Waals surface area contributed by atoms with E-state index in [4.69, 9.17) is 10.8 Å². The molecule has 0 aromatic heterocycles. The molecule has 0 aliphatic heterocycles. The lowest BCUT2D eigenvalue weighted by Crippen LogP contribution is -2.07. The maximum Gasteiger partial charge on any atom is 0.151 e. The molecule has 1 aromatic carbocycles. The van der Waals surface area contributed by atoms with E-state index in [-0.39, 0.29) is 18.0 Å². The molecule has 5 heteroatoms. The van der Waals surface area contributed by atoms with Gasteiger partial charge in [0, 0.05) is 18.8 Å². The van der Waals surface area contributed by atoms with Crippen LogP contribution in [0.3, 0.4) is 0 Å². The molecular weight excluding hydrogens is 202 g/mol. The van der Waals surface area contributed by atoms with Gasteiger partial charge in [0.05, 0.1) is 0 Å². The summed E-state index contributed by atoms with van der Waals surface area (Å²) >= 11 is 0. The van der Waals surface area contributed by atoms with Crippen LogP contribution in [0.1, 0.15) is 12.8 Å². The molecule has 0 spiro atoms. The fourth-order valence-electron chi connectivity index (χ4n) is 1.21. The zero-order chi connectivity index (χ0) is 11.3. The molecule has 0 radical (unpaired) electrons. The van der Waals surface area contributed by atoms with Gasteiger partial charge in [-0.15, -0.1) is 0 Å². The van der Waals surface area contributed by atoms with Crippen molar-refractivity contribution in [3.05, 3.63) is 23.8 Å². The molecule has 1 rings (SSSR count). The highest BCUT2D eigenvalue weighted by molar-refractivity contribution is 5.53. The summed E-state index contributed by atoms with van der Waals surface area (Å²) in [5.41, 5.74) is 5.16. The number of nitrogens with two attached hydrogens (primary N) is 1. The largest absolute Gasteiger partial charge is 0.399 e. The van der Waals surface area contributed by atoms with Crippen LogP contribution in [-0.4, -0.2) is 18.3 Å². The van der Waals surface area contributed by atoms with Gasteiger partial charge < -0.3 is 16.2 Å². The first-order valence-electron chi connectivity index (χ1n) is 4.74. The van der Waals surface area contributed by atoms with E-state index in [0.29, 0.717) is 19.4 Å². The number of unbranched alkanes of at least 4 members (excludes halogenated alkanes) is 1. The Morgan fingerprint density at radius 3 is 2.33 bits per heavy atom. The van der Waals surface area contributed by atoms with E-state index in [1.165, 1.54) is 0 Å². The van der Waals surface area contributed by atoms with Gasteiger partial charge in [-0.1, -0.05) is 0 Å². The van der Waals surface area contributed by atoms with Crippen LogP contribution in [-0.2, 0) is 0 Å². The van der Waals surface area contributed by atoms with Gasteiger partial charge in [-0.3, -0.25) is 0 Å². The van der Waals surface area contributed by atoms with E-state index < -0.39 is 11.6 Å². The predicted octanol–water partition coefficient (Wildman–Crippen LogP) is 1.73. The predicted molar refractivity (Wildman–Crippen MR) is 55.6 cm³/mol. The molecule has 0 aliphatic carbocycles. The van der Waals surface area contributed by atoms with Crippen LogP contribution < -0.4 is 11.1 Å². The fourth-order valence-corrected chi connectivity index (χ4v) is 1.21. The number of hydrogen-bond acceptors (Lipinski definition) is 3. The van der Waals surface area contributed by atoms with Crippen molar-refractivity contribution in [3.8, 4) is 0 Å². The Kier molecular flexibility index (Phi) is 4.30. The first kappa shape index (κ1) is 11.7. The van der Waals surface area contributed by atoms with Crippen molar-refractivity contribution < 1.29 is 13.9 Å². The molecule has 15 heavy (non-hydrogen) atoms. The third-order valence-electron chi connectivity index (χ3n) is 1.95. The highest BCUT2D eigenvalue weighted by Crippen LogP contribution is 2.21. The van der Waals surface area contributed by atoms with Crippen LogP contribution in [0, 0.1) is 11.6 Å². The van der Waals surface area contributed by atoms with Crippen LogP contribution in [0.2, 0.25) is 0 Å². The molecule has 0 bridgehead atoms. The zero-order valence-corrected chi connectivity index (χ0v) is 8.26. The van der Waals surface area contributed by atoms with Gasteiger partial charge in [0.25, 0.3) is 0 Å².